The molecule has 4 aromatic heterocycles. The minimum atomic E-state index is 0.724. The molecule has 4 heterocycles. The first-order valence-electron chi connectivity index (χ1n) is 19.2. The second-order valence-corrected chi connectivity index (χ2v) is 16.0. The summed E-state index contributed by atoms with van der Waals surface area (Å²) in [5.41, 5.74) is 11.6. The average molecular weight is 744 g/mol. The zero-order valence-corrected chi connectivity index (χ0v) is 31.2. The fourth-order valence-electron chi connectivity index (χ4n) is 9.15. The van der Waals surface area contributed by atoms with Crippen LogP contribution in [0.5, 0.6) is 0 Å². The van der Waals surface area contributed by atoms with Gasteiger partial charge in [-0.15, -0.1) is 11.3 Å². The summed E-state index contributed by atoms with van der Waals surface area (Å²) < 4.78 is 11.4. The highest BCUT2D eigenvalue weighted by atomic mass is 32.1. The molecule has 0 saturated carbocycles. The van der Waals surface area contributed by atoms with Gasteiger partial charge < -0.3 is 8.98 Å². The van der Waals surface area contributed by atoms with Gasteiger partial charge in [0.05, 0.1) is 26.9 Å². The minimum absolute atomic E-state index is 0.724. The zero-order valence-electron chi connectivity index (χ0n) is 30.4. The van der Waals surface area contributed by atoms with Crippen molar-refractivity contribution < 1.29 is 4.42 Å². The van der Waals surface area contributed by atoms with Gasteiger partial charge in [-0.05, 0) is 87.3 Å². The fourth-order valence-corrected chi connectivity index (χ4v) is 10.3. The molecule has 264 valence electrons. The van der Waals surface area contributed by atoms with Gasteiger partial charge in [0.2, 0.25) is 0 Å². The van der Waals surface area contributed by atoms with Gasteiger partial charge in [0, 0.05) is 48.4 Å². The molecule has 13 rings (SSSR count). The second kappa shape index (κ2) is 11.6. The Hall–Kier alpha value is -7.34. The van der Waals surface area contributed by atoms with Gasteiger partial charge in [-0.25, -0.2) is 9.97 Å². The van der Waals surface area contributed by atoms with E-state index >= 15 is 0 Å². The molecule has 13 aromatic rings. The molecule has 9 aromatic carbocycles. The maximum absolute atomic E-state index is 6.64. The van der Waals surface area contributed by atoms with Crippen molar-refractivity contribution in [1.29, 1.82) is 0 Å². The van der Waals surface area contributed by atoms with E-state index in [1.807, 2.05) is 0 Å². The van der Waals surface area contributed by atoms with Crippen molar-refractivity contribution in [2.24, 2.45) is 0 Å². The molecule has 0 unspecified atom stereocenters. The number of rotatable bonds is 4. The molecule has 0 saturated heterocycles. The average Bonchev–Trinajstić information content (AvgIpc) is 3.77. The Kier molecular flexibility index (Phi) is 6.29. The van der Waals surface area contributed by atoms with E-state index in [9.17, 15) is 0 Å². The van der Waals surface area contributed by atoms with Crippen LogP contribution in [0, 0.1) is 0 Å². The van der Waals surface area contributed by atoms with Gasteiger partial charge in [0.15, 0.2) is 5.82 Å². The summed E-state index contributed by atoms with van der Waals surface area (Å²) in [6.45, 7) is 0. The highest BCUT2D eigenvalue weighted by molar-refractivity contribution is 7.26. The van der Waals surface area contributed by atoms with Gasteiger partial charge in [0.25, 0.3) is 0 Å². The number of hydrogen-bond acceptors (Lipinski definition) is 4. The van der Waals surface area contributed by atoms with Crippen LogP contribution in [0.4, 0.5) is 0 Å². The number of hydrogen-bond donors (Lipinski definition) is 0. The summed E-state index contributed by atoms with van der Waals surface area (Å²) in [5, 5.41) is 10.6. The van der Waals surface area contributed by atoms with Crippen LogP contribution < -0.4 is 0 Å². The SMILES string of the molecule is c1ccc(-c2cccc(-c3nc(-c4ccc5cc(-n6c7ccc8cccc9oc%10cccc%11ccc6c(c%11%10)c7c89)ccc5c4)nc4c3sc3ccccc34)c2)cc1. The van der Waals surface area contributed by atoms with Crippen molar-refractivity contribution in [1.82, 2.24) is 14.5 Å². The minimum Gasteiger partial charge on any atom is -0.456 e. The number of aromatic nitrogens is 3. The first-order chi connectivity index (χ1) is 28.2. The van der Waals surface area contributed by atoms with Gasteiger partial charge in [-0.2, -0.15) is 0 Å². The third-order valence-corrected chi connectivity index (χ3v) is 12.9. The molecule has 5 heteroatoms. The molecule has 57 heavy (non-hydrogen) atoms. The lowest BCUT2D eigenvalue weighted by atomic mass is 10.00. The smallest absolute Gasteiger partial charge is 0.160 e. The lowest BCUT2D eigenvalue weighted by Gasteiger charge is -2.12. The third-order valence-electron chi connectivity index (χ3n) is 11.7. The van der Waals surface area contributed by atoms with Crippen LogP contribution in [-0.2, 0) is 0 Å². The molecule has 0 spiro atoms. The molecule has 0 N–H and O–H groups in total. The zero-order chi connectivity index (χ0) is 37.2. The van der Waals surface area contributed by atoms with E-state index in [0.717, 1.165) is 76.6 Å². The molecule has 0 aliphatic heterocycles. The van der Waals surface area contributed by atoms with Gasteiger partial charge >= 0.3 is 0 Å². The monoisotopic (exact) mass is 743 g/mol. The molecule has 4 nitrogen and oxygen atoms in total. The van der Waals surface area contributed by atoms with Crippen molar-refractivity contribution in [3.63, 3.8) is 0 Å². The van der Waals surface area contributed by atoms with E-state index in [0.29, 0.717) is 0 Å². The predicted molar refractivity (Wildman–Crippen MR) is 239 cm³/mol. The largest absolute Gasteiger partial charge is 0.456 e. The lowest BCUT2D eigenvalue weighted by molar-refractivity contribution is 0.664. The highest BCUT2D eigenvalue weighted by Gasteiger charge is 2.22. The van der Waals surface area contributed by atoms with Gasteiger partial charge in [0.1, 0.15) is 11.2 Å². The maximum Gasteiger partial charge on any atom is 0.160 e. The summed E-state index contributed by atoms with van der Waals surface area (Å²) in [7, 11) is 0. The van der Waals surface area contributed by atoms with Crippen LogP contribution in [0.1, 0.15) is 0 Å². The van der Waals surface area contributed by atoms with Crippen LogP contribution in [0.3, 0.4) is 0 Å². The Morgan fingerprint density at radius 2 is 1.09 bits per heavy atom. The van der Waals surface area contributed by atoms with E-state index in [4.69, 9.17) is 14.4 Å². The third kappa shape index (κ3) is 4.49. The molecule has 0 aliphatic rings. The van der Waals surface area contributed by atoms with Crippen LogP contribution in [0.15, 0.2) is 180 Å². The van der Waals surface area contributed by atoms with E-state index in [-0.39, 0.29) is 0 Å². The molecular weight excluding hydrogens is 715 g/mol. The Balaban J connectivity index is 0.994. The molecule has 0 atom stereocenters. The molecule has 0 fully saturated rings. The summed E-state index contributed by atoms with van der Waals surface area (Å²) in [4.78, 5) is 10.6. The topological polar surface area (TPSA) is 43.9 Å². The van der Waals surface area contributed by atoms with Crippen molar-refractivity contribution >= 4 is 96.9 Å². The lowest BCUT2D eigenvalue weighted by Crippen LogP contribution is -1.95. The Morgan fingerprint density at radius 1 is 0.439 bits per heavy atom. The summed E-state index contributed by atoms with van der Waals surface area (Å²) in [5.74, 6) is 0.724. The quantitative estimate of drug-likeness (QED) is 0.180. The molecule has 0 amide bonds. The fraction of sp³-hybridized carbons (Fsp3) is 0. The predicted octanol–water partition coefficient (Wildman–Crippen LogP) is 14.6. The Morgan fingerprint density at radius 3 is 1.88 bits per heavy atom. The van der Waals surface area contributed by atoms with E-state index in [2.05, 4.69) is 180 Å². The van der Waals surface area contributed by atoms with Gasteiger partial charge in [-0.1, -0.05) is 121 Å². The normalized spacial score (nSPS) is 12.2. The molecule has 0 bridgehead atoms. The second-order valence-electron chi connectivity index (χ2n) is 14.9. The number of benzene rings is 9. The van der Waals surface area contributed by atoms with Crippen LogP contribution >= 0.6 is 11.3 Å². The van der Waals surface area contributed by atoms with Crippen molar-refractivity contribution in [2.75, 3.05) is 0 Å². The van der Waals surface area contributed by atoms with Crippen molar-refractivity contribution in [3.8, 4) is 39.5 Å². The van der Waals surface area contributed by atoms with E-state index in [1.165, 1.54) is 48.4 Å². The van der Waals surface area contributed by atoms with Crippen LogP contribution in [-0.4, -0.2) is 14.5 Å². The first kappa shape index (κ1) is 30.9. The number of nitrogens with zero attached hydrogens (tertiary/aromatic N) is 3. The van der Waals surface area contributed by atoms with Gasteiger partial charge in [-0.3, -0.25) is 0 Å². The number of fused-ring (bicyclic) bond motifs is 4. The van der Waals surface area contributed by atoms with Crippen molar-refractivity contribution in [2.45, 2.75) is 0 Å². The van der Waals surface area contributed by atoms with Crippen molar-refractivity contribution in [3.05, 3.63) is 176 Å². The molecule has 0 radical (unpaired) electrons. The summed E-state index contributed by atoms with van der Waals surface area (Å²) in [6.07, 6.45) is 0. The maximum atomic E-state index is 6.64. The molecular formula is C52H29N3OS. The first-order valence-corrected chi connectivity index (χ1v) is 20.0. The van der Waals surface area contributed by atoms with E-state index in [1.54, 1.807) is 11.3 Å². The summed E-state index contributed by atoms with van der Waals surface area (Å²) in [6, 6.07) is 62.9. The van der Waals surface area contributed by atoms with Crippen LogP contribution in [0.25, 0.3) is 125 Å². The highest BCUT2D eigenvalue weighted by Crippen LogP contribution is 2.45. The number of thiophene rings is 1. The standard InChI is InChI=1S/C52H29N3OS/c1-2-9-30(10-3-1)33-13-6-14-36(27-33)49-51-50(39-15-4-5-18-44(39)57-51)54-52(53-49)37-20-19-35-29-38(24-21-34(35)28-37)55-40-25-22-31-11-7-16-42-45(31)47(40)48-41(55)26-23-32-12-8-17-43(56-42)46(32)48/h1-29H. The summed E-state index contributed by atoms with van der Waals surface area (Å²) >= 11 is 1.76. The Bertz CT molecular complexity index is 3660. The molecule has 0 aliphatic carbocycles. The Labute approximate surface area is 329 Å². The van der Waals surface area contributed by atoms with E-state index < -0.39 is 0 Å². The van der Waals surface area contributed by atoms with Crippen LogP contribution in [0.2, 0.25) is 0 Å².